The van der Waals surface area contributed by atoms with Gasteiger partial charge in [-0.1, -0.05) is 36.8 Å². The van der Waals surface area contributed by atoms with E-state index in [1.807, 2.05) is 31.2 Å². The van der Waals surface area contributed by atoms with E-state index < -0.39 is 30.3 Å². The fourth-order valence-corrected chi connectivity index (χ4v) is 4.65. The third-order valence-corrected chi connectivity index (χ3v) is 6.42. The van der Waals surface area contributed by atoms with E-state index in [2.05, 4.69) is 6.92 Å². The molecule has 0 saturated carbocycles. The molecule has 2 aliphatic heterocycles. The number of rotatable bonds is 3. The van der Waals surface area contributed by atoms with Crippen LogP contribution in [0.15, 0.2) is 53.4 Å². The molecule has 0 unspecified atom stereocenters. The average molecular weight is 423 g/mol. The molecule has 2 aromatic carbocycles. The van der Waals surface area contributed by atoms with Crippen molar-refractivity contribution in [3.8, 4) is 0 Å². The Morgan fingerprint density at radius 2 is 1.73 bits per heavy atom. The molecule has 2 aliphatic rings. The van der Waals surface area contributed by atoms with Crippen molar-refractivity contribution >= 4 is 46.9 Å². The number of amides is 5. The summed E-state index contributed by atoms with van der Waals surface area (Å²) in [6, 6.07) is 13.5. The first kappa shape index (κ1) is 20.2. The highest BCUT2D eigenvalue weighted by molar-refractivity contribution is 8.00. The molecular weight excluding hydrogens is 402 g/mol. The second-order valence-corrected chi connectivity index (χ2v) is 8.86. The van der Waals surface area contributed by atoms with Gasteiger partial charge >= 0.3 is 17.8 Å². The summed E-state index contributed by atoms with van der Waals surface area (Å²) in [7, 11) is 0. The maximum Gasteiger partial charge on any atom is 0.339 e. The number of para-hydroxylation sites is 1. The standard InChI is InChI=1S/C22H21N3O4S/c1-14-7-9-16(10-8-14)25-21(28)20(27)24(22(25)29)13-19(26)23-12-11-15(2)30-18-6-4-3-5-17(18)23/h3-10,15H,11-13H2,1-2H3/t15-/m1/s1. The van der Waals surface area contributed by atoms with E-state index in [0.717, 1.165) is 32.4 Å². The Morgan fingerprint density at radius 1 is 1.03 bits per heavy atom. The predicted octanol–water partition coefficient (Wildman–Crippen LogP) is 3.21. The van der Waals surface area contributed by atoms with Crippen molar-refractivity contribution in [1.29, 1.82) is 0 Å². The molecule has 154 valence electrons. The van der Waals surface area contributed by atoms with Crippen molar-refractivity contribution < 1.29 is 19.2 Å². The third kappa shape index (κ3) is 3.59. The molecule has 0 bridgehead atoms. The highest BCUT2D eigenvalue weighted by Gasteiger charge is 2.46. The monoisotopic (exact) mass is 423 g/mol. The molecule has 0 radical (unpaired) electrons. The number of benzene rings is 2. The zero-order valence-electron chi connectivity index (χ0n) is 16.7. The number of aryl methyl sites for hydroxylation is 1. The first-order chi connectivity index (χ1) is 14.4. The normalized spacial score (nSPS) is 19.2. The van der Waals surface area contributed by atoms with E-state index in [1.54, 1.807) is 40.9 Å². The minimum atomic E-state index is -0.986. The van der Waals surface area contributed by atoms with Crippen LogP contribution in [0.1, 0.15) is 18.9 Å². The Hall–Kier alpha value is -3.13. The molecular formula is C22H21N3O4S. The zero-order valence-corrected chi connectivity index (χ0v) is 17.5. The molecule has 7 nitrogen and oxygen atoms in total. The van der Waals surface area contributed by atoms with E-state index >= 15 is 0 Å². The van der Waals surface area contributed by atoms with Gasteiger partial charge < -0.3 is 4.90 Å². The smallest absolute Gasteiger partial charge is 0.310 e. The molecule has 5 amide bonds. The van der Waals surface area contributed by atoms with Crippen molar-refractivity contribution in [2.24, 2.45) is 0 Å². The van der Waals surface area contributed by atoms with Crippen LogP contribution in [0.4, 0.5) is 16.2 Å². The van der Waals surface area contributed by atoms with Gasteiger partial charge in [0, 0.05) is 16.7 Å². The number of thioether (sulfide) groups is 1. The summed E-state index contributed by atoms with van der Waals surface area (Å²) >= 11 is 1.69. The quantitative estimate of drug-likeness (QED) is 0.560. The van der Waals surface area contributed by atoms with Crippen LogP contribution in [0, 0.1) is 6.92 Å². The molecule has 2 aromatic rings. The molecule has 0 N–H and O–H groups in total. The number of anilines is 2. The lowest BCUT2D eigenvalue weighted by molar-refractivity contribution is -0.140. The lowest BCUT2D eigenvalue weighted by atomic mass is 10.2. The van der Waals surface area contributed by atoms with E-state index in [4.69, 9.17) is 0 Å². The van der Waals surface area contributed by atoms with E-state index in [9.17, 15) is 19.2 Å². The van der Waals surface area contributed by atoms with Gasteiger partial charge in [-0.15, -0.1) is 11.8 Å². The van der Waals surface area contributed by atoms with E-state index in [1.165, 1.54) is 0 Å². The van der Waals surface area contributed by atoms with Gasteiger partial charge in [-0.25, -0.2) is 14.6 Å². The van der Waals surface area contributed by atoms with Crippen LogP contribution in [0.2, 0.25) is 0 Å². The molecule has 30 heavy (non-hydrogen) atoms. The summed E-state index contributed by atoms with van der Waals surface area (Å²) < 4.78 is 0. The lowest BCUT2D eigenvalue weighted by Gasteiger charge is -2.24. The van der Waals surface area contributed by atoms with Gasteiger partial charge in [0.05, 0.1) is 11.4 Å². The number of hydrogen-bond donors (Lipinski definition) is 0. The summed E-state index contributed by atoms with van der Waals surface area (Å²) in [5.74, 6) is -2.32. The molecule has 0 spiro atoms. The van der Waals surface area contributed by atoms with Crippen molar-refractivity contribution in [1.82, 2.24) is 4.90 Å². The molecule has 1 atom stereocenters. The Bertz CT molecular complexity index is 1040. The summed E-state index contributed by atoms with van der Waals surface area (Å²) in [4.78, 5) is 55.0. The molecule has 1 saturated heterocycles. The molecule has 0 aromatic heterocycles. The van der Waals surface area contributed by atoms with Crippen LogP contribution < -0.4 is 9.80 Å². The third-order valence-electron chi connectivity index (χ3n) is 5.18. The Kier molecular flexibility index (Phi) is 5.34. The van der Waals surface area contributed by atoms with Crippen LogP contribution in [0.25, 0.3) is 0 Å². The number of nitrogens with zero attached hydrogens (tertiary/aromatic N) is 3. The van der Waals surface area contributed by atoms with E-state index in [-0.39, 0.29) is 0 Å². The fourth-order valence-electron chi connectivity index (χ4n) is 3.53. The topological polar surface area (TPSA) is 78.0 Å². The SMILES string of the molecule is Cc1ccc(N2C(=O)C(=O)N(CC(=O)N3CC[C@@H](C)Sc4ccccc43)C2=O)cc1. The van der Waals surface area contributed by atoms with Gasteiger partial charge in [-0.3, -0.25) is 14.4 Å². The van der Waals surface area contributed by atoms with Crippen LogP contribution in [-0.4, -0.2) is 47.0 Å². The Labute approximate surface area is 178 Å². The van der Waals surface area contributed by atoms with Crippen LogP contribution >= 0.6 is 11.8 Å². The Balaban J connectivity index is 1.57. The summed E-state index contributed by atoms with van der Waals surface area (Å²) in [6.45, 7) is 3.99. The largest absolute Gasteiger partial charge is 0.339 e. The zero-order chi connectivity index (χ0) is 21.4. The minimum Gasteiger partial charge on any atom is -0.310 e. The highest BCUT2D eigenvalue weighted by atomic mass is 32.2. The number of urea groups is 1. The number of hydrogen-bond acceptors (Lipinski definition) is 5. The number of fused-ring (bicyclic) bond motifs is 1. The second kappa shape index (κ2) is 7.95. The summed E-state index contributed by atoms with van der Waals surface area (Å²) in [5.41, 5.74) is 2.03. The molecule has 2 heterocycles. The first-order valence-corrected chi connectivity index (χ1v) is 10.6. The van der Waals surface area contributed by atoms with Gasteiger partial charge in [0.15, 0.2) is 0 Å². The van der Waals surface area contributed by atoms with Crippen molar-refractivity contribution in [3.05, 3.63) is 54.1 Å². The maximum atomic E-state index is 13.1. The van der Waals surface area contributed by atoms with Gasteiger partial charge in [0.25, 0.3) is 0 Å². The van der Waals surface area contributed by atoms with Crippen molar-refractivity contribution in [2.75, 3.05) is 22.9 Å². The molecule has 4 rings (SSSR count). The first-order valence-electron chi connectivity index (χ1n) is 9.69. The highest BCUT2D eigenvalue weighted by Crippen LogP contribution is 2.37. The molecule has 1 fully saturated rings. The minimum absolute atomic E-state index is 0.309. The number of carbonyl (C=O) groups excluding carboxylic acids is 4. The van der Waals surface area contributed by atoms with Crippen molar-refractivity contribution in [3.63, 3.8) is 0 Å². The predicted molar refractivity (Wildman–Crippen MR) is 115 cm³/mol. The fraction of sp³-hybridized carbons (Fsp3) is 0.273. The van der Waals surface area contributed by atoms with Gasteiger partial charge in [0.2, 0.25) is 5.91 Å². The average Bonchev–Trinajstić information content (AvgIpc) is 2.85. The lowest BCUT2D eigenvalue weighted by Crippen LogP contribution is -2.44. The van der Waals surface area contributed by atoms with Gasteiger partial charge in [-0.2, -0.15) is 0 Å². The van der Waals surface area contributed by atoms with Crippen LogP contribution in [0.3, 0.4) is 0 Å². The second-order valence-electron chi connectivity index (χ2n) is 7.38. The van der Waals surface area contributed by atoms with Crippen LogP contribution in [-0.2, 0) is 14.4 Å². The van der Waals surface area contributed by atoms with Crippen LogP contribution in [0.5, 0.6) is 0 Å². The summed E-state index contributed by atoms with van der Waals surface area (Å²) in [5, 5.41) is 0.331. The van der Waals surface area contributed by atoms with E-state index in [0.29, 0.717) is 17.5 Å². The summed E-state index contributed by atoms with van der Waals surface area (Å²) in [6.07, 6.45) is 0.779. The van der Waals surface area contributed by atoms with Crippen molar-refractivity contribution in [2.45, 2.75) is 30.4 Å². The maximum absolute atomic E-state index is 13.1. The number of carbonyl (C=O) groups is 4. The van der Waals surface area contributed by atoms with Gasteiger partial charge in [-0.05, 0) is 37.6 Å². The molecule has 8 heteroatoms. The molecule has 0 aliphatic carbocycles. The van der Waals surface area contributed by atoms with Gasteiger partial charge in [0.1, 0.15) is 6.54 Å². The number of imide groups is 2. The Morgan fingerprint density at radius 3 is 2.47 bits per heavy atom.